The smallest absolute Gasteiger partial charge is 0.0409 e. The van der Waals surface area contributed by atoms with E-state index in [9.17, 15) is 0 Å². The SMILES string of the molecule is CC(C)c1ccc(Cl)cc1C1CC(CN)CN1C. The molecule has 100 valence electrons. The Kier molecular flexibility index (Phi) is 4.31. The van der Waals surface area contributed by atoms with Gasteiger partial charge < -0.3 is 5.73 Å². The monoisotopic (exact) mass is 266 g/mol. The number of halogens is 1. The number of hydrogen-bond donors (Lipinski definition) is 1. The fraction of sp³-hybridized carbons (Fsp3) is 0.600. The lowest BCUT2D eigenvalue weighted by molar-refractivity contribution is 0.312. The van der Waals surface area contributed by atoms with Crippen LogP contribution >= 0.6 is 11.6 Å². The van der Waals surface area contributed by atoms with E-state index in [2.05, 4.69) is 37.9 Å². The highest BCUT2D eigenvalue weighted by Gasteiger charge is 2.31. The van der Waals surface area contributed by atoms with Crippen LogP contribution in [0.5, 0.6) is 0 Å². The van der Waals surface area contributed by atoms with Gasteiger partial charge in [-0.1, -0.05) is 31.5 Å². The Bertz CT molecular complexity index is 417. The predicted octanol–water partition coefficient (Wildman–Crippen LogP) is 3.41. The number of nitrogens with two attached hydrogens (primary N) is 1. The summed E-state index contributed by atoms with van der Waals surface area (Å²) in [5.41, 5.74) is 8.61. The molecule has 2 N–H and O–H groups in total. The largest absolute Gasteiger partial charge is 0.330 e. The molecule has 1 aromatic rings. The van der Waals surface area contributed by atoms with E-state index in [1.165, 1.54) is 11.1 Å². The molecular weight excluding hydrogens is 244 g/mol. The molecule has 0 bridgehead atoms. The molecule has 1 saturated heterocycles. The molecule has 2 nitrogen and oxygen atoms in total. The van der Waals surface area contributed by atoms with Crippen LogP contribution in [-0.2, 0) is 0 Å². The van der Waals surface area contributed by atoms with Gasteiger partial charge in [0.25, 0.3) is 0 Å². The first-order valence-corrected chi connectivity index (χ1v) is 7.10. The van der Waals surface area contributed by atoms with Gasteiger partial charge in [-0.05, 0) is 55.1 Å². The Labute approximate surface area is 115 Å². The van der Waals surface area contributed by atoms with Crippen molar-refractivity contribution in [2.45, 2.75) is 32.2 Å². The molecule has 2 unspecified atom stereocenters. The van der Waals surface area contributed by atoms with Gasteiger partial charge in [0.1, 0.15) is 0 Å². The highest BCUT2D eigenvalue weighted by molar-refractivity contribution is 6.30. The highest BCUT2D eigenvalue weighted by Crippen LogP contribution is 2.38. The molecule has 0 aromatic heterocycles. The van der Waals surface area contributed by atoms with Crippen molar-refractivity contribution >= 4 is 11.6 Å². The number of benzene rings is 1. The average Bonchev–Trinajstić information content (AvgIpc) is 2.70. The van der Waals surface area contributed by atoms with Gasteiger partial charge in [0.15, 0.2) is 0 Å². The van der Waals surface area contributed by atoms with E-state index in [1.807, 2.05) is 6.07 Å². The number of hydrogen-bond acceptors (Lipinski definition) is 2. The summed E-state index contributed by atoms with van der Waals surface area (Å²) >= 11 is 6.17. The zero-order valence-electron chi connectivity index (χ0n) is 11.5. The fourth-order valence-electron chi connectivity index (χ4n) is 3.00. The van der Waals surface area contributed by atoms with Crippen LogP contribution in [0.2, 0.25) is 5.02 Å². The Balaban J connectivity index is 2.35. The molecule has 2 atom stereocenters. The van der Waals surface area contributed by atoms with E-state index in [1.54, 1.807) is 0 Å². The normalized spacial score (nSPS) is 25.0. The van der Waals surface area contributed by atoms with E-state index in [4.69, 9.17) is 17.3 Å². The van der Waals surface area contributed by atoms with Crippen LogP contribution < -0.4 is 5.73 Å². The summed E-state index contributed by atoms with van der Waals surface area (Å²) in [4.78, 5) is 2.41. The van der Waals surface area contributed by atoms with Crippen molar-refractivity contribution in [3.8, 4) is 0 Å². The first-order chi connectivity index (χ1) is 8.52. The summed E-state index contributed by atoms with van der Waals surface area (Å²) in [5, 5.41) is 0.832. The minimum atomic E-state index is 0.467. The standard InChI is InChI=1S/C15H23ClN2/c1-10(2)13-5-4-12(16)7-14(13)15-6-11(8-17)9-18(15)3/h4-5,7,10-11,15H,6,8-9,17H2,1-3H3. The molecule has 1 aromatic carbocycles. The van der Waals surface area contributed by atoms with Gasteiger partial charge in [0.05, 0.1) is 0 Å². The second-order valence-corrected chi connectivity index (χ2v) is 6.16. The second-order valence-electron chi connectivity index (χ2n) is 5.72. The molecule has 0 saturated carbocycles. The van der Waals surface area contributed by atoms with Crippen LogP contribution in [0.15, 0.2) is 18.2 Å². The minimum Gasteiger partial charge on any atom is -0.330 e. The molecule has 0 spiro atoms. The van der Waals surface area contributed by atoms with Gasteiger partial charge in [0, 0.05) is 17.6 Å². The van der Waals surface area contributed by atoms with Crippen LogP contribution in [0.25, 0.3) is 0 Å². The third kappa shape index (κ3) is 2.71. The fourth-order valence-corrected chi connectivity index (χ4v) is 3.18. The van der Waals surface area contributed by atoms with Gasteiger partial charge in [-0.15, -0.1) is 0 Å². The lowest BCUT2D eigenvalue weighted by Gasteiger charge is -2.24. The summed E-state index contributed by atoms with van der Waals surface area (Å²) < 4.78 is 0. The quantitative estimate of drug-likeness (QED) is 0.908. The lowest BCUT2D eigenvalue weighted by atomic mass is 9.90. The Morgan fingerprint density at radius 2 is 2.17 bits per heavy atom. The van der Waals surface area contributed by atoms with Crippen LogP contribution in [0.4, 0.5) is 0 Å². The molecule has 0 amide bonds. The van der Waals surface area contributed by atoms with Gasteiger partial charge in [-0.3, -0.25) is 4.90 Å². The maximum atomic E-state index is 6.17. The highest BCUT2D eigenvalue weighted by atomic mass is 35.5. The molecule has 18 heavy (non-hydrogen) atoms. The number of likely N-dealkylation sites (tertiary alicyclic amines) is 1. The van der Waals surface area contributed by atoms with Gasteiger partial charge >= 0.3 is 0 Å². The van der Waals surface area contributed by atoms with Crippen LogP contribution in [0.1, 0.15) is 43.4 Å². The maximum absolute atomic E-state index is 6.17. The van der Waals surface area contributed by atoms with Crippen molar-refractivity contribution in [2.24, 2.45) is 11.7 Å². The summed E-state index contributed by atoms with van der Waals surface area (Å²) in [6, 6.07) is 6.77. The first-order valence-electron chi connectivity index (χ1n) is 6.72. The van der Waals surface area contributed by atoms with E-state index in [0.717, 1.165) is 24.5 Å². The summed E-state index contributed by atoms with van der Waals surface area (Å²) in [5.74, 6) is 1.14. The zero-order chi connectivity index (χ0) is 13.3. The van der Waals surface area contributed by atoms with Gasteiger partial charge in [0.2, 0.25) is 0 Å². The molecular formula is C15H23ClN2. The van der Waals surface area contributed by atoms with Crippen LogP contribution in [0, 0.1) is 5.92 Å². The van der Waals surface area contributed by atoms with Crippen molar-refractivity contribution in [1.82, 2.24) is 4.90 Å². The molecule has 1 heterocycles. The van der Waals surface area contributed by atoms with Crippen molar-refractivity contribution in [1.29, 1.82) is 0 Å². The lowest BCUT2D eigenvalue weighted by Crippen LogP contribution is -2.21. The molecule has 1 aliphatic heterocycles. The van der Waals surface area contributed by atoms with Crippen LogP contribution in [0.3, 0.4) is 0 Å². The predicted molar refractivity (Wildman–Crippen MR) is 78.1 cm³/mol. The molecule has 3 heteroatoms. The Morgan fingerprint density at radius 3 is 2.72 bits per heavy atom. The van der Waals surface area contributed by atoms with E-state index in [0.29, 0.717) is 17.9 Å². The Hall–Kier alpha value is -0.570. The minimum absolute atomic E-state index is 0.467. The number of rotatable bonds is 3. The van der Waals surface area contributed by atoms with Crippen molar-refractivity contribution < 1.29 is 0 Å². The van der Waals surface area contributed by atoms with Crippen molar-refractivity contribution in [3.63, 3.8) is 0 Å². The molecule has 2 rings (SSSR count). The average molecular weight is 267 g/mol. The molecule has 0 radical (unpaired) electrons. The third-order valence-corrected chi connectivity index (χ3v) is 4.23. The van der Waals surface area contributed by atoms with Crippen molar-refractivity contribution in [3.05, 3.63) is 34.3 Å². The summed E-state index contributed by atoms with van der Waals surface area (Å²) in [7, 11) is 2.19. The maximum Gasteiger partial charge on any atom is 0.0409 e. The Morgan fingerprint density at radius 1 is 1.44 bits per heavy atom. The molecule has 1 aliphatic rings. The summed E-state index contributed by atoms with van der Waals surface area (Å²) in [6.45, 7) is 6.34. The third-order valence-electron chi connectivity index (χ3n) is 4.00. The first kappa shape index (κ1) is 13.9. The van der Waals surface area contributed by atoms with E-state index < -0.39 is 0 Å². The second kappa shape index (κ2) is 5.60. The molecule has 1 fully saturated rings. The molecule has 0 aliphatic carbocycles. The number of nitrogens with zero attached hydrogens (tertiary/aromatic N) is 1. The van der Waals surface area contributed by atoms with Gasteiger partial charge in [-0.2, -0.15) is 0 Å². The van der Waals surface area contributed by atoms with E-state index >= 15 is 0 Å². The van der Waals surface area contributed by atoms with Crippen LogP contribution in [-0.4, -0.2) is 25.0 Å². The van der Waals surface area contributed by atoms with E-state index in [-0.39, 0.29) is 0 Å². The van der Waals surface area contributed by atoms with Crippen molar-refractivity contribution in [2.75, 3.05) is 20.1 Å². The van der Waals surface area contributed by atoms with Gasteiger partial charge in [-0.25, -0.2) is 0 Å². The zero-order valence-corrected chi connectivity index (χ0v) is 12.2. The topological polar surface area (TPSA) is 29.3 Å². The summed E-state index contributed by atoms with van der Waals surface area (Å²) in [6.07, 6.45) is 1.15.